The predicted molar refractivity (Wildman–Crippen MR) is 167 cm³/mol. The average Bonchev–Trinajstić information content (AvgIpc) is 3.45. The van der Waals surface area contributed by atoms with Crippen LogP contribution in [0.1, 0.15) is 40.9 Å². The molecular formula is C33H34N4O9. The fourth-order valence-corrected chi connectivity index (χ4v) is 5.01. The lowest BCUT2D eigenvalue weighted by atomic mass is 10.0. The van der Waals surface area contributed by atoms with Gasteiger partial charge in [0.2, 0.25) is 11.8 Å². The number of aromatic nitrogens is 1. The van der Waals surface area contributed by atoms with E-state index in [2.05, 4.69) is 25.7 Å². The molecule has 3 atom stereocenters. The number of ether oxygens (including phenoxy) is 1. The van der Waals surface area contributed by atoms with Crippen LogP contribution >= 0.6 is 0 Å². The third-order valence-corrected chi connectivity index (χ3v) is 7.36. The summed E-state index contributed by atoms with van der Waals surface area (Å²) in [6.45, 7) is 1.92. The van der Waals surface area contributed by atoms with Crippen LogP contribution in [0.15, 0.2) is 66.7 Å². The first-order valence-corrected chi connectivity index (χ1v) is 14.4. The van der Waals surface area contributed by atoms with Crippen LogP contribution in [0.25, 0.3) is 21.7 Å². The fraction of sp³-hybridized carbons (Fsp3) is 0.273. The average molecular weight is 631 g/mol. The Hall–Kier alpha value is -5.72. The summed E-state index contributed by atoms with van der Waals surface area (Å²) in [7, 11) is 1.05. The smallest absolute Gasteiger partial charge is 0.328 e. The van der Waals surface area contributed by atoms with Crippen LogP contribution in [0.5, 0.6) is 0 Å². The number of carboxylic acids is 2. The molecule has 0 saturated heterocycles. The Morgan fingerprint density at radius 3 is 2.15 bits per heavy atom. The second kappa shape index (κ2) is 14.8. The summed E-state index contributed by atoms with van der Waals surface area (Å²) < 4.78 is 4.64. The van der Waals surface area contributed by atoms with E-state index in [-0.39, 0.29) is 18.5 Å². The summed E-state index contributed by atoms with van der Waals surface area (Å²) in [6, 6.07) is 16.0. The van der Waals surface area contributed by atoms with Gasteiger partial charge in [-0.2, -0.15) is 0 Å². The molecule has 4 rings (SSSR count). The van der Waals surface area contributed by atoms with Crippen molar-refractivity contribution >= 4 is 57.3 Å². The van der Waals surface area contributed by atoms with Crippen molar-refractivity contribution in [3.8, 4) is 0 Å². The van der Waals surface area contributed by atoms with Crippen molar-refractivity contribution in [2.24, 2.45) is 0 Å². The Labute approximate surface area is 263 Å². The number of aromatic amines is 1. The number of nitrogens with one attached hydrogen (secondary N) is 4. The van der Waals surface area contributed by atoms with Gasteiger partial charge in [-0.3, -0.25) is 24.0 Å². The van der Waals surface area contributed by atoms with Crippen LogP contribution < -0.4 is 16.0 Å². The van der Waals surface area contributed by atoms with Gasteiger partial charge in [0, 0.05) is 23.7 Å². The molecule has 0 aliphatic rings. The van der Waals surface area contributed by atoms with Gasteiger partial charge in [0.15, 0.2) is 0 Å². The largest absolute Gasteiger partial charge is 0.481 e. The molecule has 0 unspecified atom stereocenters. The summed E-state index contributed by atoms with van der Waals surface area (Å²) >= 11 is 0. The number of hydrogen-bond acceptors (Lipinski definition) is 7. The van der Waals surface area contributed by atoms with Gasteiger partial charge in [-0.1, -0.05) is 54.1 Å². The number of methoxy groups -OCH3 is 1. The Kier molecular flexibility index (Phi) is 10.7. The Bertz CT molecular complexity index is 1800. The molecule has 4 aromatic rings. The maximum atomic E-state index is 13.7. The number of esters is 1. The number of H-pyrrole nitrogens is 1. The number of carboxylic acid groups (broad SMARTS) is 2. The molecule has 1 heterocycles. The van der Waals surface area contributed by atoms with Gasteiger partial charge >= 0.3 is 17.9 Å². The van der Waals surface area contributed by atoms with Gasteiger partial charge in [0.25, 0.3) is 5.91 Å². The van der Waals surface area contributed by atoms with E-state index in [0.717, 1.165) is 28.8 Å². The number of amides is 3. The second-order valence-electron chi connectivity index (χ2n) is 10.9. The lowest BCUT2D eigenvalue weighted by Crippen LogP contribution is -2.56. The number of rotatable bonds is 14. The molecule has 13 heteroatoms. The zero-order valence-electron chi connectivity index (χ0n) is 25.2. The van der Waals surface area contributed by atoms with Crippen LogP contribution in [0.2, 0.25) is 0 Å². The first-order chi connectivity index (χ1) is 21.9. The van der Waals surface area contributed by atoms with Crippen molar-refractivity contribution in [2.75, 3.05) is 7.11 Å². The Balaban J connectivity index is 1.60. The molecule has 240 valence electrons. The number of aliphatic carboxylic acids is 2. The van der Waals surface area contributed by atoms with E-state index in [9.17, 15) is 33.9 Å². The molecule has 0 bridgehead atoms. The van der Waals surface area contributed by atoms with Gasteiger partial charge in [-0.05, 0) is 47.9 Å². The number of aryl methyl sites for hydroxylation is 1. The lowest BCUT2D eigenvalue weighted by molar-refractivity contribution is -0.146. The van der Waals surface area contributed by atoms with E-state index in [1.54, 1.807) is 12.1 Å². The van der Waals surface area contributed by atoms with E-state index in [1.165, 1.54) is 0 Å². The van der Waals surface area contributed by atoms with E-state index in [1.807, 2.05) is 61.5 Å². The molecule has 1 aromatic heterocycles. The first-order valence-electron chi connectivity index (χ1n) is 14.4. The SMILES string of the molecule is COC(=O)[C@H](CCC(=O)O)NC(=O)[C@H](CC(=O)O)NC(=O)[C@H](Cc1ccc2ccccc2c1)NC(=O)c1cc2cc(C)ccc2[nH]1. The third kappa shape index (κ3) is 8.68. The van der Waals surface area contributed by atoms with Crippen LogP contribution in [-0.4, -0.2) is 76.1 Å². The molecule has 6 N–H and O–H groups in total. The first kappa shape index (κ1) is 33.2. The Morgan fingerprint density at radius 1 is 0.761 bits per heavy atom. The van der Waals surface area contributed by atoms with Crippen molar-refractivity contribution in [3.63, 3.8) is 0 Å². The highest BCUT2D eigenvalue weighted by molar-refractivity contribution is 6.01. The van der Waals surface area contributed by atoms with E-state index in [4.69, 9.17) is 5.11 Å². The molecular weight excluding hydrogens is 596 g/mol. The van der Waals surface area contributed by atoms with E-state index >= 15 is 0 Å². The predicted octanol–water partition coefficient (Wildman–Crippen LogP) is 2.45. The molecule has 0 fully saturated rings. The number of benzene rings is 3. The zero-order valence-corrected chi connectivity index (χ0v) is 25.2. The molecule has 13 nitrogen and oxygen atoms in total. The minimum Gasteiger partial charge on any atom is -0.481 e. The monoisotopic (exact) mass is 630 g/mol. The minimum atomic E-state index is -1.67. The summed E-state index contributed by atoms with van der Waals surface area (Å²) in [6.07, 6.45) is -1.68. The molecule has 0 radical (unpaired) electrons. The topological polar surface area (TPSA) is 204 Å². The summed E-state index contributed by atoms with van der Waals surface area (Å²) in [4.78, 5) is 78.2. The van der Waals surface area contributed by atoms with Crippen molar-refractivity contribution in [2.45, 2.75) is 50.7 Å². The van der Waals surface area contributed by atoms with Crippen LogP contribution in [0.3, 0.4) is 0 Å². The number of carbonyl (C=O) groups is 6. The number of hydrogen-bond donors (Lipinski definition) is 6. The maximum Gasteiger partial charge on any atom is 0.328 e. The molecule has 3 amide bonds. The van der Waals surface area contributed by atoms with Gasteiger partial charge in [-0.15, -0.1) is 0 Å². The quantitative estimate of drug-likeness (QED) is 0.113. The number of carbonyl (C=O) groups excluding carboxylic acids is 4. The standard InChI is InChI=1S/C33H34N4O9/c1-18-7-10-23-22(13-18)16-26(34-23)31(43)36-25(15-19-8-9-20-5-3-4-6-21(20)14-19)30(42)37-27(17-29(40)41)32(44)35-24(33(45)46-2)11-12-28(38)39/h3-10,13-14,16,24-25,27,34H,11-12,15,17H2,1-2H3,(H,35,44)(H,36,43)(H,37,42)(H,38,39)(H,40,41)/t24-,25-,27-/m0/s1. The number of fused-ring (bicyclic) bond motifs is 2. The fourth-order valence-electron chi connectivity index (χ4n) is 5.01. The molecule has 0 aliphatic carbocycles. The molecule has 0 spiro atoms. The van der Waals surface area contributed by atoms with Crippen molar-refractivity contribution in [3.05, 3.63) is 83.6 Å². The summed E-state index contributed by atoms with van der Waals surface area (Å²) in [5.74, 6) is -6.09. The van der Waals surface area contributed by atoms with Gasteiger partial charge < -0.3 is 35.9 Å². The molecule has 3 aromatic carbocycles. The van der Waals surface area contributed by atoms with Gasteiger partial charge in [-0.25, -0.2) is 4.79 Å². The summed E-state index contributed by atoms with van der Waals surface area (Å²) in [5.41, 5.74) is 2.58. The minimum absolute atomic E-state index is 0.00739. The second-order valence-corrected chi connectivity index (χ2v) is 10.9. The van der Waals surface area contributed by atoms with Crippen molar-refractivity contribution in [1.29, 1.82) is 0 Å². The Morgan fingerprint density at radius 2 is 1.46 bits per heavy atom. The van der Waals surface area contributed by atoms with Crippen molar-refractivity contribution in [1.82, 2.24) is 20.9 Å². The van der Waals surface area contributed by atoms with Crippen LogP contribution in [-0.2, 0) is 35.1 Å². The van der Waals surface area contributed by atoms with Crippen LogP contribution in [0.4, 0.5) is 0 Å². The lowest BCUT2D eigenvalue weighted by Gasteiger charge is -2.24. The zero-order chi connectivity index (χ0) is 33.4. The van der Waals surface area contributed by atoms with Crippen molar-refractivity contribution < 1.29 is 43.7 Å². The third-order valence-electron chi connectivity index (χ3n) is 7.36. The molecule has 0 saturated carbocycles. The molecule has 46 heavy (non-hydrogen) atoms. The highest BCUT2D eigenvalue weighted by Crippen LogP contribution is 2.19. The maximum absolute atomic E-state index is 13.7. The molecule has 0 aliphatic heterocycles. The summed E-state index contributed by atoms with van der Waals surface area (Å²) in [5, 5.41) is 28.5. The van der Waals surface area contributed by atoms with Gasteiger partial charge in [0.1, 0.15) is 23.8 Å². The van der Waals surface area contributed by atoms with Gasteiger partial charge in [0.05, 0.1) is 13.5 Å². The highest BCUT2D eigenvalue weighted by atomic mass is 16.5. The van der Waals surface area contributed by atoms with E-state index in [0.29, 0.717) is 11.1 Å². The normalized spacial score (nSPS) is 12.9. The van der Waals surface area contributed by atoms with Crippen LogP contribution in [0, 0.1) is 6.92 Å². The highest BCUT2D eigenvalue weighted by Gasteiger charge is 2.32. The van der Waals surface area contributed by atoms with E-state index < -0.39 is 66.6 Å².